The maximum atomic E-state index is 5.84. The molecule has 0 N–H and O–H groups in total. The lowest BCUT2D eigenvalue weighted by atomic mass is 10.2. The number of benzene rings is 1. The second kappa shape index (κ2) is 7.05. The minimum absolute atomic E-state index is 0.215. The SMILES string of the molecule is CCCCC(C)Oc1cc(OC)cc(OC)c1. The number of hydrogen-bond acceptors (Lipinski definition) is 3. The molecule has 0 saturated carbocycles. The molecule has 0 spiro atoms. The number of rotatable bonds is 7. The summed E-state index contributed by atoms with van der Waals surface area (Å²) in [6.45, 7) is 4.27. The summed E-state index contributed by atoms with van der Waals surface area (Å²) < 4.78 is 16.2. The summed E-state index contributed by atoms with van der Waals surface area (Å²) in [4.78, 5) is 0. The quantitative estimate of drug-likeness (QED) is 0.725. The van der Waals surface area contributed by atoms with Gasteiger partial charge in [0, 0.05) is 18.2 Å². The molecule has 0 aliphatic heterocycles. The Bertz CT molecular complexity index is 314. The number of ether oxygens (including phenoxy) is 3. The van der Waals surface area contributed by atoms with Crippen molar-refractivity contribution in [2.45, 2.75) is 39.2 Å². The van der Waals surface area contributed by atoms with Gasteiger partial charge in [0.2, 0.25) is 0 Å². The fourth-order valence-corrected chi connectivity index (χ4v) is 1.63. The van der Waals surface area contributed by atoms with Crippen molar-refractivity contribution in [3.05, 3.63) is 18.2 Å². The Labute approximate surface area is 104 Å². The molecule has 0 aliphatic carbocycles. The zero-order valence-electron chi connectivity index (χ0n) is 11.2. The van der Waals surface area contributed by atoms with E-state index in [-0.39, 0.29) is 6.10 Å². The van der Waals surface area contributed by atoms with E-state index in [0.717, 1.165) is 23.7 Å². The van der Waals surface area contributed by atoms with Crippen LogP contribution in [0.2, 0.25) is 0 Å². The Kier molecular flexibility index (Phi) is 5.67. The maximum Gasteiger partial charge on any atom is 0.127 e. The second-order valence-electron chi connectivity index (χ2n) is 4.12. The normalized spacial score (nSPS) is 12.0. The van der Waals surface area contributed by atoms with E-state index in [2.05, 4.69) is 13.8 Å². The molecule has 3 nitrogen and oxygen atoms in total. The molecule has 0 saturated heterocycles. The van der Waals surface area contributed by atoms with E-state index in [1.807, 2.05) is 18.2 Å². The molecular formula is C14H22O3. The highest BCUT2D eigenvalue weighted by atomic mass is 16.5. The zero-order chi connectivity index (χ0) is 12.7. The summed E-state index contributed by atoms with van der Waals surface area (Å²) >= 11 is 0. The van der Waals surface area contributed by atoms with Crippen molar-refractivity contribution in [3.8, 4) is 17.2 Å². The minimum atomic E-state index is 0.215. The first-order valence-corrected chi connectivity index (χ1v) is 6.09. The first-order valence-electron chi connectivity index (χ1n) is 6.09. The maximum absolute atomic E-state index is 5.84. The molecule has 0 aromatic heterocycles. The van der Waals surface area contributed by atoms with Gasteiger partial charge in [-0.1, -0.05) is 19.8 Å². The molecule has 96 valence electrons. The van der Waals surface area contributed by atoms with Gasteiger partial charge < -0.3 is 14.2 Å². The van der Waals surface area contributed by atoms with Crippen LogP contribution in [0.25, 0.3) is 0 Å². The van der Waals surface area contributed by atoms with Gasteiger partial charge in [0.15, 0.2) is 0 Å². The highest BCUT2D eigenvalue weighted by Gasteiger charge is 2.07. The summed E-state index contributed by atoms with van der Waals surface area (Å²) in [6, 6.07) is 5.60. The van der Waals surface area contributed by atoms with Gasteiger partial charge in [-0.05, 0) is 13.3 Å². The van der Waals surface area contributed by atoms with E-state index in [4.69, 9.17) is 14.2 Å². The topological polar surface area (TPSA) is 27.7 Å². The lowest BCUT2D eigenvalue weighted by Crippen LogP contribution is -2.11. The third-order valence-corrected chi connectivity index (χ3v) is 2.63. The van der Waals surface area contributed by atoms with Crippen LogP contribution in [-0.2, 0) is 0 Å². The van der Waals surface area contributed by atoms with Crippen LogP contribution in [0.1, 0.15) is 33.1 Å². The largest absolute Gasteiger partial charge is 0.496 e. The predicted molar refractivity (Wildman–Crippen MR) is 69.2 cm³/mol. The van der Waals surface area contributed by atoms with Gasteiger partial charge in [0.05, 0.1) is 20.3 Å². The molecular weight excluding hydrogens is 216 g/mol. The molecule has 1 rings (SSSR count). The first-order chi connectivity index (χ1) is 8.19. The predicted octanol–water partition coefficient (Wildman–Crippen LogP) is 3.66. The third-order valence-electron chi connectivity index (χ3n) is 2.63. The van der Waals surface area contributed by atoms with Crippen molar-refractivity contribution < 1.29 is 14.2 Å². The lowest BCUT2D eigenvalue weighted by Gasteiger charge is -2.15. The molecule has 1 atom stereocenters. The standard InChI is InChI=1S/C14H22O3/c1-5-6-7-11(2)17-14-9-12(15-3)8-13(10-14)16-4/h8-11H,5-7H2,1-4H3. The Morgan fingerprint density at radius 1 is 1.00 bits per heavy atom. The van der Waals surface area contributed by atoms with Gasteiger partial charge in [-0.25, -0.2) is 0 Å². The Balaban J connectivity index is 2.68. The summed E-state index contributed by atoms with van der Waals surface area (Å²) in [6.07, 6.45) is 3.65. The molecule has 0 aliphatic rings. The van der Waals surface area contributed by atoms with Crippen LogP contribution in [0.5, 0.6) is 17.2 Å². The molecule has 0 amide bonds. The van der Waals surface area contributed by atoms with Crippen molar-refractivity contribution in [2.24, 2.45) is 0 Å². The first kappa shape index (κ1) is 13.7. The van der Waals surface area contributed by atoms with Gasteiger partial charge in [-0.15, -0.1) is 0 Å². The molecule has 1 aromatic rings. The summed E-state index contributed by atoms with van der Waals surface area (Å²) in [5, 5.41) is 0. The lowest BCUT2D eigenvalue weighted by molar-refractivity contribution is 0.206. The van der Waals surface area contributed by atoms with Gasteiger partial charge in [0.1, 0.15) is 17.2 Å². The second-order valence-corrected chi connectivity index (χ2v) is 4.12. The van der Waals surface area contributed by atoms with Crippen molar-refractivity contribution >= 4 is 0 Å². The fourth-order valence-electron chi connectivity index (χ4n) is 1.63. The van der Waals surface area contributed by atoms with Gasteiger partial charge in [-0.2, -0.15) is 0 Å². The van der Waals surface area contributed by atoms with Crippen LogP contribution >= 0.6 is 0 Å². The number of unbranched alkanes of at least 4 members (excludes halogenated alkanes) is 1. The van der Waals surface area contributed by atoms with Crippen LogP contribution in [-0.4, -0.2) is 20.3 Å². The average molecular weight is 238 g/mol. The Morgan fingerprint density at radius 2 is 1.53 bits per heavy atom. The van der Waals surface area contributed by atoms with Crippen LogP contribution in [0.3, 0.4) is 0 Å². The molecule has 0 heterocycles. The number of hydrogen-bond donors (Lipinski definition) is 0. The third kappa shape index (κ3) is 4.55. The zero-order valence-corrected chi connectivity index (χ0v) is 11.2. The van der Waals surface area contributed by atoms with E-state index >= 15 is 0 Å². The fraction of sp³-hybridized carbons (Fsp3) is 0.571. The highest BCUT2D eigenvalue weighted by molar-refractivity contribution is 5.42. The summed E-state index contributed by atoms with van der Waals surface area (Å²) in [7, 11) is 3.28. The van der Waals surface area contributed by atoms with Crippen LogP contribution in [0.4, 0.5) is 0 Å². The molecule has 3 heteroatoms. The van der Waals surface area contributed by atoms with Crippen molar-refractivity contribution in [3.63, 3.8) is 0 Å². The minimum Gasteiger partial charge on any atom is -0.496 e. The summed E-state index contributed by atoms with van der Waals surface area (Å²) in [5.41, 5.74) is 0. The summed E-state index contributed by atoms with van der Waals surface area (Å²) in [5.74, 6) is 2.30. The van der Waals surface area contributed by atoms with Gasteiger partial charge in [0.25, 0.3) is 0 Å². The number of methoxy groups -OCH3 is 2. The highest BCUT2D eigenvalue weighted by Crippen LogP contribution is 2.28. The van der Waals surface area contributed by atoms with E-state index < -0.39 is 0 Å². The van der Waals surface area contributed by atoms with E-state index in [9.17, 15) is 0 Å². The van der Waals surface area contributed by atoms with E-state index in [0.29, 0.717) is 0 Å². The average Bonchev–Trinajstić information content (AvgIpc) is 2.35. The van der Waals surface area contributed by atoms with E-state index in [1.54, 1.807) is 14.2 Å². The van der Waals surface area contributed by atoms with Crippen molar-refractivity contribution in [2.75, 3.05) is 14.2 Å². The monoisotopic (exact) mass is 238 g/mol. The smallest absolute Gasteiger partial charge is 0.127 e. The molecule has 0 fully saturated rings. The molecule has 1 aromatic carbocycles. The van der Waals surface area contributed by atoms with Crippen molar-refractivity contribution in [1.29, 1.82) is 0 Å². The van der Waals surface area contributed by atoms with Crippen LogP contribution in [0.15, 0.2) is 18.2 Å². The molecule has 0 radical (unpaired) electrons. The molecule has 17 heavy (non-hydrogen) atoms. The van der Waals surface area contributed by atoms with Gasteiger partial charge in [-0.3, -0.25) is 0 Å². The van der Waals surface area contributed by atoms with Crippen molar-refractivity contribution in [1.82, 2.24) is 0 Å². The van der Waals surface area contributed by atoms with Crippen LogP contribution < -0.4 is 14.2 Å². The van der Waals surface area contributed by atoms with Gasteiger partial charge >= 0.3 is 0 Å². The van der Waals surface area contributed by atoms with E-state index in [1.165, 1.54) is 12.8 Å². The molecule has 0 bridgehead atoms. The van der Waals surface area contributed by atoms with Crippen LogP contribution in [0, 0.1) is 0 Å². The Morgan fingerprint density at radius 3 is 2.00 bits per heavy atom. The Hall–Kier alpha value is -1.38. The molecule has 1 unspecified atom stereocenters.